The number of nitrogens with zero attached hydrogens (tertiary/aromatic N) is 4. The fourth-order valence-corrected chi connectivity index (χ4v) is 6.76. The summed E-state index contributed by atoms with van der Waals surface area (Å²) in [5.41, 5.74) is 6.89. The Morgan fingerprint density at radius 3 is 1.86 bits per heavy atom. The van der Waals surface area contributed by atoms with Crippen LogP contribution < -0.4 is 5.32 Å². The Hall–Kier alpha value is -6.38. The van der Waals surface area contributed by atoms with Crippen molar-refractivity contribution in [3.05, 3.63) is 186 Å². The first-order chi connectivity index (χ1) is 24.2. The third-order valence-corrected chi connectivity index (χ3v) is 9.03. The fourth-order valence-electron chi connectivity index (χ4n) is 6.76. The number of aliphatic hydroxyl groups is 1. The maximum Gasteiger partial charge on any atom is 0.287 e. The number of fused-ring (bicyclic) bond motifs is 2. The van der Waals surface area contributed by atoms with Crippen LogP contribution in [0.5, 0.6) is 0 Å². The van der Waals surface area contributed by atoms with Gasteiger partial charge >= 0.3 is 0 Å². The van der Waals surface area contributed by atoms with Gasteiger partial charge in [0.2, 0.25) is 0 Å². The molecule has 5 aromatic carbocycles. The van der Waals surface area contributed by atoms with Gasteiger partial charge in [0.1, 0.15) is 11.2 Å². The van der Waals surface area contributed by atoms with Crippen molar-refractivity contribution in [3.63, 3.8) is 0 Å². The van der Waals surface area contributed by atoms with Crippen LogP contribution in [-0.4, -0.2) is 42.4 Å². The molecular weight excluding hydrogens is 608 g/mol. The molecule has 0 saturated heterocycles. The highest BCUT2D eigenvalue weighted by Crippen LogP contribution is 2.44. The molecule has 0 radical (unpaired) electrons. The van der Waals surface area contributed by atoms with Gasteiger partial charge < -0.3 is 15.4 Å². The highest BCUT2D eigenvalue weighted by molar-refractivity contribution is 6.03. The molecule has 1 atom stereocenters. The van der Waals surface area contributed by atoms with E-state index in [0.717, 1.165) is 44.4 Å². The third kappa shape index (κ3) is 5.24. The SMILES string of the molecule is O=C(NC(CO)c1ccccc1)c1nc2cc3c(-c4ccncc4)nn(C(c4ccccc4)(c4ccccc4)c4ccccc4)c3cc2[nH]1. The number of amides is 1. The maximum atomic E-state index is 13.5. The number of aromatic nitrogens is 5. The van der Waals surface area contributed by atoms with Crippen molar-refractivity contribution < 1.29 is 9.90 Å². The lowest BCUT2D eigenvalue weighted by Crippen LogP contribution is -2.38. The average molecular weight is 641 g/mol. The predicted molar refractivity (Wildman–Crippen MR) is 191 cm³/mol. The largest absolute Gasteiger partial charge is 0.394 e. The molecule has 0 fully saturated rings. The zero-order valence-corrected chi connectivity index (χ0v) is 26.4. The van der Waals surface area contributed by atoms with E-state index in [-0.39, 0.29) is 12.4 Å². The van der Waals surface area contributed by atoms with Gasteiger partial charge in [0, 0.05) is 23.3 Å². The summed E-state index contributed by atoms with van der Waals surface area (Å²) in [5.74, 6) is -0.256. The number of nitrogens with one attached hydrogen (secondary N) is 2. The number of imidazole rings is 1. The third-order valence-electron chi connectivity index (χ3n) is 9.03. The Kier molecular flexibility index (Phi) is 7.75. The Morgan fingerprint density at radius 2 is 1.31 bits per heavy atom. The first kappa shape index (κ1) is 30.0. The van der Waals surface area contributed by atoms with E-state index in [1.165, 1.54) is 0 Å². The van der Waals surface area contributed by atoms with Crippen LogP contribution in [-0.2, 0) is 5.54 Å². The lowest BCUT2D eigenvalue weighted by atomic mass is 9.77. The molecule has 8 heteroatoms. The second-order valence-electron chi connectivity index (χ2n) is 11.9. The molecule has 3 heterocycles. The van der Waals surface area contributed by atoms with Gasteiger partial charge in [-0.05, 0) is 46.5 Å². The van der Waals surface area contributed by atoms with E-state index in [0.29, 0.717) is 11.0 Å². The van der Waals surface area contributed by atoms with E-state index in [9.17, 15) is 9.90 Å². The standard InChI is InChI=1S/C41H32N6O2/c48-27-36(28-13-5-1-6-14-28)45-40(49)39-43-34-25-33-37(26-35(34)44-39)47(46-38(33)29-21-23-42-24-22-29)41(30-15-7-2-8-16-30,31-17-9-3-10-18-31)32-19-11-4-12-20-32/h1-26,36,48H,27H2,(H,43,44)(H,45,49). The molecule has 49 heavy (non-hydrogen) atoms. The van der Waals surface area contributed by atoms with Crippen molar-refractivity contribution in [2.75, 3.05) is 6.61 Å². The van der Waals surface area contributed by atoms with E-state index < -0.39 is 17.5 Å². The summed E-state index contributed by atoms with van der Waals surface area (Å²) in [6.45, 7) is -0.245. The number of hydrogen-bond donors (Lipinski definition) is 3. The molecule has 8 aromatic rings. The number of H-pyrrole nitrogens is 1. The van der Waals surface area contributed by atoms with Gasteiger partial charge in [-0.3, -0.25) is 9.78 Å². The van der Waals surface area contributed by atoms with Crippen LogP contribution in [0.25, 0.3) is 33.2 Å². The van der Waals surface area contributed by atoms with Crippen molar-refractivity contribution in [1.29, 1.82) is 0 Å². The van der Waals surface area contributed by atoms with Gasteiger partial charge in [-0.1, -0.05) is 121 Å². The lowest BCUT2D eigenvalue weighted by Gasteiger charge is -2.37. The van der Waals surface area contributed by atoms with Gasteiger partial charge in [-0.25, -0.2) is 9.67 Å². The molecule has 0 aliphatic carbocycles. The van der Waals surface area contributed by atoms with E-state index in [1.807, 2.05) is 72.8 Å². The van der Waals surface area contributed by atoms with Crippen LogP contribution >= 0.6 is 0 Å². The molecule has 0 aliphatic rings. The summed E-state index contributed by atoms with van der Waals surface area (Å²) in [6.07, 6.45) is 3.53. The van der Waals surface area contributed by atoms with Gasteiger partial charge in [-0.15, -0.1) is 0 Å². The normalized spacial score (nSPS) is 12.3. The van der Waals surface area contributed by atoms with Gasteiger partial charge in [0.05, 0.1) is 29.2 Å². The molecule has 0 aliphatic heterocycles. The Labute approximate surface area is 282 Å². The number of hydrogen-bond acceptors (Lipinski definition) is 5. The number of pyridine rings is 1. The minimum absolute atomic E-state index is 0.155. The number of carbonyl (C=O) groups excluding carboxylic acids is 1. The lowest BCUT2D eigenvalue weighted by molar-refractivity contribution is 0.0907. The second kappa shape index (κ2) is 12.7. The van der Waals surface area contributed by atoms with E-state index in [2.05, 4.69) is 92.8 Å². The minimum Gasteiger partial charge on any atom is -0.394 e. The smallest absolute Gasteiger partial charge is 0.287 e. The van der Waals surface area contributed by atoms with Crippen molar-refractivity contribution in [2.24, 2.45) is 0 Å². The second-order valence-corrected chi connectivity index (χ2v) is 11.9. The molecule has 0 saturated carbocycles. The zero-order chi connectivity index (χ0) is 33.2. The zero-order valence-electron chi connectivity index (χ0n) is 26.4. The number of carbonyl (C=O) groups is 1. The molecule has 1 unspecified atom stereocenters. The summed E-state index contributed by atoms with van der Waals surface area (Å²) in [7, 11) is 0. The van der Waals surface area contributed by atoms with Crippen molar-refractivity contribution in [1.82, 2.24) is 30.0 Å². The molecule has 1 amide bonds. The quantitative estimate of drug-likeness (QED) is 0.144. The Morgan fingerprint density at radius 1 is 0.755 bits per heavy atom. The van der Waals surface area contributed by atoms with Crippen molar-refractivity contribution >= 4 is 27.8 Å². The first-order valence-corrected chi connectivity index (χ1v) is 16.1. The molecule has 0 spiro atoms. The summed E-state index contributed by atoms with van der Waals surface area (Å²) in [6, 6.07) is 48.0. The van der Waals surface area contributed by atoms with Gasteiger partial charge in [0.25, 0.3) is 5.91 Å². The maximum absolute atomic E-state index is 13.5. The van der Waals surface area contributed by atoms with Crippen LogP contribution in [0.2, 0.25) is 0 Å². The Balaban J connectivity index is 1.38. The van der Waals surface area contributed by atoms with Crippen LogP contribution in [0.3, 0.4) is 0 Å². The van der Waals surface area contributed by atoms with E-state index in [4.69, 9.17) is 10.1 Å². The number of aromatic amines is 1. The Bertz CT molecular complexity index is 2260. The van der Waals surface area contributed by atoms with E-state index in [1.54, 1.807) is 12.4 Å². The summed E-state index contributed by atoms with van der Waals surface area (Å²) < 4.78 is 2.11. The molecule has 3 aromatic heterocycles. The highest BCUT2D eigenvalue weighted by atomic mass is 16.3. The number of aliphatic hydroxyl groups excluding tert-OH is 1. The molecule has 3 N–H and O–H groups in total. The number of rotatable bonds is 9. The van der Waals surface area contributed by atoms with Crippen LogP contribution in [0.1, 0.15) is 38.9 Å². The number of benzene rings is 5. The topological polar surface area (TPSA) is 109 Å². The summed E-state index contributed by atoms with van der Waals surface area (Å²) in [5, 5.41) is 19.3. The van der Waals surface area contributed by atoms with Crippen LogP contribution in [0.4, 0.5) is 0 Å². The monoisotopic (exact) mass is 640 g/mol. The van der Waals surface area contributed by atoms with Gasteiger partial charge in [-0.2, -0.15) is 5.10 Å². The average Bonchev–Trinajstić information content (AvgIpc) is 3.77. The highest BCUT2D eigenvalue weighted by Gasteiger charge is 2.41. The summed E-state index contributed by atoms with van der Waals surface area (Å²) in [4.78, 5) is 25.8. The summed E-state index contributed by atoms with van der Waals surface area (Å²) >= 11 is 0. The predicted octanol–water partition coefficient (Wildman–Crippen LogP) is 7.28. The molecular formula is C41H32N6O2. The van der Waals surface area contributed by atoms with Crippen molar-refractivity contribution in [2.45, 2.75) is 11.6 Å². The molecule has 8 nitrogen and oxygen atoms in total. The fraction of sp³-hybridized carbons (Fsp3) is 0.0732. The van der Waals surface area contributed by atoms with Gasteiger partial charge in [0.15, 0.2) is 5.82 Å². The molecule has 0 bridgehead atoms. The first-order valence-electron chi connectivity index (χ1n) is 16.1. The van der Waals surface area contributed by atoms with Crippen LogP contribution in [0, 0.1) is 0 Å². The molecule has 8 rings (SSSR count). The molecule has 238 valence electrons. The van der Waals surface area contributed by atoms with E-state index >= 15 is 0 Å². The van der Waals surface area contributed by atoms with Crippen molar-refractivity contribution in [3.8, 4) is 11.3 Å². The van der Waals surface area contributed by atoms with Crippen LogP contribution in [0.15, 0.2) is 158 Å². The minimum atomic E-state index is -0.870.